The van der Waals surface area contributed by atoms with E-state index in [0.717, 1.165) is 24.9 Å². The molecule has 0 N–H and O–H groups in total. The van der Waals surface area contributed by atoms with Gasteiger partial charge in [-0.1, -0.05) is 63.3 Å². The molecule has 1 aliphatic rings. The van der Waals surface area contributed by atoms with Crippen molar-refractivity contribution in [2.45, 2.75) is 45.4 Å². The summed E-state index contributed by atoms with van der Waals surface area (Å²) >= 11 is 0. The molecule has 0 bridgehead atoms. The Hall–Kier alpha value is -3.28. The topological polar surface area (TPSA) is 59.1 Å². The molecule has 0 fully saturated rings. The number of nitrogens with zero attached hydrogens (tertiary/aromatic N) is 2. The maximum Gasteiger partial charge on any atom is 0.278 e. The molecule has 0 aromatic heterocycles. The fraction of sp³-hybridized carbons (Fsp3) is 0.407. The third-order valence-electron chi connectivity index (χ3n) is 6.03. The number of amides is 2. The number of hydrogen-bond acceptors (Lipinski definition) is 5. The second kappa shape index (κ2) is 11.5. The molecule has 0 spiro atoms. The average molecular weight is 451 g/mol. The molecule has 0 saturated carbocycles. The summed E-state index contributed by atoms with van der Waals surface area (Å²) in [5.41, 5.74) is 2.24. The van der Waals surface area contributed by atoms with Crippen LogP contribution in [0.5, 0.6) is 11.5 Å². The first-order chi connectivity index (χ1) is 16.0. The van der Waals surface area contributed by atoms with Crippen LogP contribution in [0.25, 0.3) is 5.57 Å². The maximum atomic E-state index is 13.5. The third kappa shape index (κ3) is 5.38. The maximum absolute atomic E-state index is 13.5. The number of likely N-dealkylation sites (N-methyl/N-ethyl adjacent to an activating group) is 1. The van der Waals surface area contributed by atoms with Gasteiger partial charge in [-0.05, 0) is 36.2 Å². The lowest BCUT2D eigenvalue weighted by Crippen LogP contribution is -2.35. The number of benzene rings is 2. The number of rotatable bonds is 12. The molecule has 6 heteroatoms. The predicted molar refractivity (Wildman–Crippen MR) is 131 cm³/mol. The molecule has 0 unspecified atom stereocenters. The minimum absolute atomic E-state index is 0.260. The van der Waals surface area contributed by atoms with Crippen molar-refractivity contribution >= 4 is 23.1 Å². The second-order valence-corrected chi connectivity index (χ2v) is 8.22. The zero-order valence-corrected chi connectivity index (χ0v) is 20.1. The summed E-state index contributed by atoms with van der Waals surface area (Å²) in [6, 6.07) is 14.9. The molecule has 0 radical (unpaired) electrons. The first kappa shape index (κ1) is 24.4. The van der Waals surface area contributed by atoms with Crippen LogP contribution < -0.4 is 14.4 Å². The van der Waals surface area contributed by atoms with Gasteiger partial charge in [0.15, 0.2) is 11.5 Å². The Kier molecular flexibility index (Phi) is 8.52. The minimum Gasteiger partial charge on any atom is -0.493 e. The van der Waals surface area contributed by atoms with Gasteiger partial charge in [0.05, 0.1) is 19.8 Å². The van der Waals surface area contributed by atoms with E-state index in [0.29, 0.717) is 34.9 Å². The lowest BCUT2D eigenvalue weighted by Gasteiger charge is -2.21. The third-order valence-corrected chi connectivity index (χ3v) is 6.03. The Labute approximate surface area is 196 Å². The van der Waals surface area contributed by atoms with Gasteiger partial charge in [0.2, 0.25) is 0 Å². The van der Waals surface area contributed by atoms with Crippen molar-refractivity contribution in [2.75, 3.05) is 32.7 Å². The molecule has 1 aliphatic heterocycles. The highest BCUT2D eigenvalue weighted by atomic mass is 16.5. The predicted octanol–water partition coefficient (Wildman–Crippen LogP) is 5.28. The lowest BCUT2D eigenvalue weighted by atomic mass is 10.0. The van der Waals surface area contributed by atoms with E-state index in [1.54, 1.807) is 37.3 Å². The fourth-order valence-electron chi connectivity index (χ4n) is 4.16. The number of para-hydroxylation sites is 1. The van der Waals surface area contributed by atoms with E-state index in [9.17, 15) is 9.59 Å². The summed E-state index contributed by atoms with van der Waals surface area (Å²) in [4.78, 5) is 30.2. The van der Waals surface area contributed by atoms with Crippen LogP contribution in [0.1, 0.15) is 51.0 Å². The highest BCUT2D eigenvalue weighted by Crippen LogP contribution is 2.37. The molecule has 0 atom stereocenters. The normalized spacial score (nSPS) is 13.6. The molecule has 6 nitrogen and oxygen atoms in total. The Morgan fingerprint density at radius 1 is 0.818 bits per heavy atom. The van der Waals surface area contributed by atoms with Crippen LogP contribution in [-0.2, 0) is 9.59 Å². The Morgan fingerprint density at radius 2 is 1.48 bits per heavy atom. The van der Waals surface area contributed by atoms with E-state index in [2.05, 4.69) is 6.92 Å². The molecule has 2 amide bonds. The van der Waals surface area contributed by atoms with Crippen molar-refractivity contribution in [2.24, 2.45) is 0 Å². The van der Waals surface area contributed by atoms with Gasteiger partial charge in [-0.15, -0.1) is 0 Å². The lowest BCUT2D eigenvalue weighted by molar-refractivity contribution is -0.136. The monoisotopic (exact) mass is 450 g/mol. The molecule has 1 heterocycles. The van der Waals surface area contributed by atoms with Gasteiger partial charge >= 0.3 is 0 Å². The molecule has 3 rings (SSSR count). The van der Waals surface area contributed by atoms with Gasteiger partial charge in [0, 0.05) is 19.3 Å². The SMILES string of the molecule is CCCCCCCCN1C(=O)C(c2ccc(OC)c(OC)c2)=C(N(C)c2ccccc2)C1=O. The number of hydrogen-bond donors (Lipinski definition) is 0. The molecule has 0 aliphatic carbocycles. The molecule has 33 heavy (non-hydrogen) atoms. The van der Waals surface area contributed by atoms with Crippen LogP contribution in [0.4, 0.5) is 5.69 Å². The van der Waals surface area contributed by atoms with Crippen molar-refractivity contribution in [1.29, 1.82) is 0 Å². The van der Waals surface area contributed by atoms with E-state index in [-0.39, 0.29) is 11.8 Å². The largest absolute Gasteiger partial charge is 0.493 e. The number of carbonyl (C=O) groups is 2. The highest BCUT2D eigenvalue weighted by molar-refractivity contribution is 6.36. The zero-order chi connectivity index (χ0) is 23.8. The van der Waals surface area contributed by atoms with Gasteiger partial charge in [0.1, 0.15) is 5.70 Å². The second-order valence-electron chi connectivity index (χ2n) is 8.22. The van der Waals surface area contributed by atoms with Crippen LogP contribution in [0.15, 0.2) is 54.2 Å². The summed E-state index contributed by atoms with van der Waals surface area (Å²) in [5, 5.41) is 0. The Morgan fingerprint density at radius 3 is 2.15 bits per heavy atom. The van der Waals surface area contributed by atoms with Crippen LogP contribution in [0, 0.1) is 0 Å². The van der Waals surface area contributed by atoms with Crippen molar-refractivity contribution in [3.63, 3.8) is 0 Å². The van der Waals surface area contributed by atoms with E-state index < -0.39 is 0 Å². The number of ether oxygens (including phenoxy) is 2. The van der Waals surface area contributed by atoms with Crippen molar-refractivity contribution in [3.8, 4) is 11.5 Å². The number of imide groups is 1. The summed E-state index contributed by atoms with van der Waals surface area (Å²) in [6.45, 7) is 2.61. The number of unbranched alkanes of at least 4 members (excludes halogenated alkanes) is 5. The van der Waals surface area contributed by atoms with Crippen LogP contribution in [0.3, 0.4) is 0 Å². The fourth-order valence-corrected chi connectivity index (χ4v) is 4.16. The van der Waals surface area contributed by atoms with Gasteiger partial charge in [-0.2, -0.15) is 0 Å². The molecular formula is C27H34N2O4. The average Bonchev–Trinajstić information content (AvgIpc) is 3.10. The van der Waals surface area contributed by atoms with Gasteiger partial charge in [0.25, 0.3) is 11.8 Å². The quantitative estimate of drug-likeness (QED) is 0.325. The van der Waals surface area contributed by atoms with Crippen molar-refractivity contribution < 1.29 is 19.1 Å². The summed E-state index contributed by atoms with van der Waals surface area (Å²) in [5.74, 6) is 0.558. The minimum atomic E-state index is -0.265. The van der Waals surface area contributed by atoms with Gasteiger partial charge in [-0.25, -0.2) is 0 Å². The number of carbonyl (C=O) groups excluding carboxylic acids is 2. The number of methoxy groups -OCH3 is 2. The van der Waals surface area contributed by atoms with Gasteiger partial charge in [-0.3, -0.25) is 14.5 Å². The molecular weight excluding hydrogens is 416 g/mol. The van der Waals surface area contributed by atoms with E-state index in [1.807, 2.05) is 37.4 Å². The van der Waals surface area contributed by atoms with Crippen LogP contribution in [-0.4, -0.2) is 44.5 Å². The first-order valence-corrected chi connectivity index (χ1v) is 11.6. The van der Waals surface area contributed by atoms with E-state index >= 15 is 0 Å². The Bertz CT molecular complexity index is 1000. The van der Waals surface area contributed by atoms with Gasteiger partial charge < -0.3 is 14.4 Å². The standard InChI is InChI=1S/C27H34N2O4/c1-5-6-7-8-9-13-18-29-26(30)24(20-16-17-22(32-3)23(19-20)33-4)25(27(29)31)28(2)21-14-11-10-12-15-21/h10-12,14-17,19H,5-9,13,18H2,1-4H3. The molecule has 2 aromatic carbocycles. The summed E-state index contributed by atoms with van der Waals surface area (Å²) < 4.78 is 10.8. The number of anilines is 1. The van der Waals surface area contributed by atoms with Crippen LogP contribution >= 0.6 is 0 Å². The molecule has 176 valence electrons. The smallest absolute Gasteiger partial charge is 0.278 e. The first-order valence-electron chi connectivity index (χ1n) is 11.6. The van der Waals surface area contributed by atoms with Crippen LogP contribution in [0.2, 0.25) is 0 Å². The Balaban J connectivity index is 1.94. The molecule has 2 aromatic rings. The van der Waals surface area contributed by atoms with Crippen molar-refractivity contribution in [3.05, 3.63) is 59.8 Å². The van der Waals surface area contributed by atoms with E-state index in [1.165, 1.54) is 24.2 Å². The zero-order valence-electron chi connectivity index (χ0n) is 20.1. The summed E-state index contributed by atoms with van der Waals surface area (Å²) in [7, 11) is 4.95. The molecule has 0 saturated heterocycles. The van der Waals surface area contributed by atoms with Crippen molar-refractivity contribution in [1.82, 2.24) is 4.90 Å². The summed E-state index contributed by atoms with van der Waals surface area (Å²) in [6.07, 6.45) is 6.54. The van der Waals surface area contributed by atoms with E-state index in [4.69, 9.17) is 9.47 Å². The highest BCUT2D eigenvalue weighted by Gasteiger charge is 2.41.